The molecule has 0 spiro atoms. The fourth-order valence-electron chi connectivity index (χ4n) is 3.22. The number of carbonyl (C=O) groups excluding carboxylic acids is 1. The minimum atomic E-state index is -0.136. The molecule has 2 aromatic carbocycles. The van der Waals surface area contributed by atoms with Gasteiger partial charge in [-0.2, -0.15) is 16.9 Å². The zero-order chi connectivity index (χ0) is 18.3. The van der Waals surface area contributed by atoms with Crippen LogP contribution in [0.15, 0.2) is 46.9 Å². The predicted molar refractivity (Wildman–Crippen MR) is 110 cm³/mol. The Labute approximate surface area is 165 Å². The molecular weight excluding hydrogens is 410 g/mol. The standard InChI is InChI=1S/C20H18BrN3OS/c1-12-7-13(2)9-14(8-12)24-19(16-10-26-11-18(16)23-24)22-20(25)15-5-3-4-6-17(15)21/h3-9H,10-11H2,1-2H3,(H,22,25). The van der Waals surface area contributed by atoms with Gasteiger partial charge in [-0.15, -0.1) is 0 Å². The molecule has 0 aliphatic carbocycles. The molecule has 1 aliphatic rings. The quantitative estimate of drug-likeness (QED) is 0.620. The molecule has 4 rings (SSSR count). The number of fused-ring (bicyclic) bond motifs is 1. The third-order valence-corrected chi connectivity index (χ3v) is 6.02. The Hall–Kier alpha value is -2.05. The molecule has 0 saturated carbocycles. The van der Waals surface area contributed by atoms with Crippen LogP contribution in [0, 0.1) is 13.8 Å². The predicted octanol–water partition coefficient (Wildman–Crippen LogP) is 5.25. The van der Waals surface area contributed by atoms with Crippen LogP contribution < -0.4 is 5.32 Å². The van der Waals surface area contributed by atoms with Gasteiger partial charge in [-0.05, 0) is 65.2 Å². The first kappa shape index (κ1) is 17.4. The molecule has 0 unspecified atom stereocenters. The van der Waals surface area contributed by atoms with Crippen LogP contribution >= 0.6 is 27.7 Å². The van der Waals surface area contributed by atoms with E-state index in [0.717, 1.165) is 38.7 Å². The molecule has 6 heteroatoms. The maximum atomic E-state index is 12.9. The molecule has 26 heavy (non-hydrogen) atoms. The summed E-state index contributed by atoms with van der Waals surface area (Å²) < 4.78 is 2.65. The van der Waals surface area contributed by atoms with E-state index in [1.807, 2.05) is 40.7 Å². The van der Waals surface area contributed by atoms with E-state index in [-0.39, 0.29) is 5.91 Å². The third kappa shape index (κ3) is 3.19. The summed E-state index contributed by atoms with van der Waals surface area (Å²) in [6.07, 6.45) is 0. The van der Waals surface area contributed by atoms with E-state index >= 15 is 0 Å². The van der Waals surface area contributed by atoms with Crippen LogP contribution in [0.5, 0.6) is 0 Å². The minimum Gasteiger partial charge on any atom is -0.306 e. The number of thioether (sulfide) groups is 1. The van der Waals surface area contributed by atoms with E-state index in [2.05, 4.69) is 53.3 Å². The Bertz CT molecular complexity index is 992. The van der Waals surface area contributed by atoms with Crippen LogP contribution in [-0.4, -0.2) is 15.7 Å². The maximum absolute atomic E-state index is 12.9. The lowest BCUT2D eigenvalue weighted by Crippen LogP contribution is -2.16. The normalized spacial score (nSPS) is 12.9. The van der Waals surface area contributed by atoms with Crippen molar-refractivity contribution in [3.05, 3.63) is 74.9 Å². The number of nitrogens with one attached hydrogen (secondary N) is 1. The van der Waals surface area contributed by atoms with Crippen molar-refractivity contribution in [1.82, 2.24) is 9.78 Å². The summed E-state index contributed by atoms with van der Waals surface area (Å²) >= 11 is 5.28. The Morgan fingerprint density at radius 3 is 2.62 bits per heavy atom. The summed E-state index contributed by atoms with van der Waals surface area (Å²) in [6.45, 7) is 4.14. The SMILES string of the molecule is Cc1cc(C)cc(-n2nc3c(c2NC(=O)c2ccccc2Br)CSC3)c1. The van der Waals surface area contributed by atoms with Crippen molar-refractivity contribution in [3.8, 4) is 5.69 Å². The van der Waals surface area contributed by atoms with Crippen LogP contribution in [0.25, 0.3) is 5.69 Å². The first-order valence-corrected chi connectivity index (χ1v) is 10.3. The number of hydrogen-bond donors (Lipinski definition) is 1. The monoisotopic (exact) mass is 427 g/mol. The van der Waals surface area contributed by atoms with E-state index < -0.39 is 0 Å². The lowest BCUT2D eigenvalue weighted by Gasteiger charge is -2.13. The molecule has 132 valence electrons. The van der Waals surface area contributed by atoms with E-state index in [0.29, 0.717) is 5.56 Å². The molecule has 0 fully saturated rings. The zero-order valence-electron chi connectivity index (χ0n) is 14.5. The van der Waals surface area contributed by atoms with Gasteiger partial charge >= 0.3 is 0 Å². The lowest BCUT2D eigenvalue weighted by atomic mass is 10.1. The Balaban J connectivity index is 1.78. The summed E-state index contributed by atoms with van der Waals surface area (Å²) in [4.78, 5) is 12.9. The summed E-state index contributed by atoms with van der Waals surface area (Å²) in [5.41, 5.74) is 6.11. The topological polar surface area (TPSA) is 46.9 Å². The van der Waals surface area contributed by atoms with Gasteiger partial charge in [-0.3, -0.25) is 4.79 Å². The van der Waals surface area contributed by atoms with E-state index in [9.17, 15) is 4.79 Å². The first-order chi connectivity index (χ1) is 12.5. The van der Waals surface area contributed by atoms with Crippen molar-refractivity contribution >= 4 is 39.4 Å². The number of amides is 1. The summed E-state index contributed by atoms with van der Waals surface area (Å²) in [6, 6.07) is 13.8. The molecule has 1 amide bonds. The first-order valence-electron chi connectivity index (χ1n) is 8.36. The van der Waals surface area contributed by atoms with Crippen molar-refractivity contribution in [2.45, 2.75) is 25.4 Å². The van der Waals surface area contributed by atoms with Crippen molar-refractivity contribution in [3.63, 3.8) is 0 Å². The van der Waals surface area contributed by atoms with Crippen LogP contribution in [-0.2, 0) is 11.5 Å². The smallest absolute Gasteiger partial charge is 0.257 e. The fraction of sp³-hybridized carbons (Fsp3) is 0.200. The second-order valence-corrected chi connectivity index (χ2v) is 8.30. The van der Waals surface area contributed by atoms with Crippen molar-refractivity contribution in [2.75, 3.05) is 5.32 Å². The highest BCUT2D eigenvalue weighted by Gasteiger charge is 2.25. The Morgan fingerprint density at radius 2 is 1.88 bits per heavy atom. The number of benzene rings is 2. The van der Waals surface area contributed by atoms with Gasteiger partial charge in [0.2, 0.25) is 0 Å². The second-order valence-electron chi connectivity index (χ2n) is 6.46. The van der Waals surface area contributed by atoms with Gasteiger partial charge < -0.3 is 5.32 Å². The molecule has 2 heterocycles. The van der Waals surface area contributed by atoms with Crippen LogP contribution in [0.4, 0.5) is 5.82 Å². The number of aromatic nitrogens is 2. The molecule has 0 radical (unpaired) electrons. The highest BCUT2D eigenvalue weighted by Crippen LogP contribution is 2.36. The molecule has 1 aliphatic heterocycles. The summed E-state index contributed by atoms with van der Waals surface area (Å²) in [5.74, 6) is 2.38. The van der Waals surface area contributed by atoms with E-state index in [1.165, 1.54) is 11.1 Å². The number of halogens is 1. The van der Waals surface area contributed by atoms with Crippen molar-refractivity contribution < 1.29 is 4.79 Å². The van der Waals surface area contributed by atoms with Gasteiger partial charge in [-0.25, -0.2) is 4.68 Å². The van der Waals surface area contributed by atoms with Crippen LogP contribution in [0.3, 0.4) is 0 Å². The number of nitrogens with zero attached hydrogens (tertiary/aromatic N) is 2. The number of rotatable bonds is 3. The van der Waals surface area contributed by atoms with Gasteiger partial charge in [0.05, 0.1) is 16.9 Å². The van der Waals surface area contributed by atoms with Gasteiger partial charge in [0.15, 0.2) is 0 Å². The van der Waals surface area contributed by atoms with Gasteiger partial charge in [0, 0.05) is 21.5 Å². The highest BCUT2D eigenvalue weighted by atomic mass is 79.9. The molecule has 4 nitrogen and oxygen atoms in total. The lowest BCUT2D eigenvalue weighted by molar-refractivity contribution is 0.102. The fourth-order valence-corrected chi connectivity index (χ4v) is 4.72. The zero-order valence-corrected chi connectivity index (χ0v) is 16.9. The van der Waals surface area contributed by atoms with Gasteiger partial charge in [-0.1, -0.05) is 18.2 Å². The molecule has 1 N–H and O–H groups in total. The average molecular weight is 428 g/mol. The number of anilines is 1. The van der Waals surface area contributed by atoms with E-state index in [1.54, 1.807) is 0 Å². The van der Waals surface area contributed by atoms with Crippen molar-refractivity contribution in [2.24, 2.45) is 0 Å². The maximum Gasteiger partial charge on any atom is 0.257 e. The molecule has 1 aromatic heterocycles. The molecule has 0 bridgehead atoms. The Morgan fingerprint density at radius 1 is 1.15 bits per heavy atom. The highest BCUT2D eigenvalue weighted by molar-refractivity contribution is 9.10. The third-order valence-electron chi connectivity index (χ3n) is 4.35. The molecule has 0 atom stereocenters. The number of aryl methyl sites for hydroxylation is 2. The van der Waals surface area contributed by atoms with Crippen molar-refractivity contribution in [1.29, 1.82) is 0 Å². The van der Waals surface area contributed by atoms with E-state index in [4.69, 9.17) is 5.10 Å². The number of hydrogen-bond acceptors (Lipinski definition) is 3. The van der Waals surface area contributed by atoms with Crippen LogP contribution in [0.1, 0.15) is 32.7 Å². The summed E-state index contributed by atoms with van der Waals surface area (Å²) in [5, 5.41) is 7.89. The Kier molecular flexibility index (Phi) is 4.63. The minimum absolute atomic E-state index is 0.136. The largest absolute Gasteiger partial charge is 0.306 e. The molecule has 3 aromatic rings. The number of carbonyl (C=O) groups is 1. The summed E-state index contributed by atoms with van der Waals surface area (Å²) in [7, 11) is 0. The average Bonchev–Trinajstić information content (AvgIpc) is 3.17. The van der Waals surface area contributed by atoms with Gasteiger partial charge in [0.1, 0.15) is 5.82 Å². The van der Waals surface area contributed by atoms with Crippen LogP contribution in [0.2, 0.25) is 0 Å². The van der Waals surface area contributed by atoms with Gasteiger partial charge in [0.25, 0.3) is 5.91 Å². The molecular formula is C20H18BrN3OS. The molecule has 0 saturated heterocycles. The second kappa shape index (κ2) is 6.93.